The van der Waals surface area contributed by atoms with Crippen molar-refractivity contribution in [3.8, 4) is 0 Å². The van der Waals surface area contributed by atoms with Crippen molar-refractivity contribution in [1.82, 2.24) is 0 Å². The molecule has 1 N–H and O–H groups in total. The summed E-state index contributed by atoms with van der Waals surface area (Å²) in [6.07, 6.45) is 3.91. The average molecular weight is 255 g/mol. The zero-order chi connectivity index (χ0) is 13.6. The number of hydrogen-bond acceptors (Lipinski definition) is 3. The summed E-state index contributed by atoms with van der Waals surface area (Å²) in [5, 5.41) is 2.96. The summed E-state index contributed by atoms with van der Waals surface area (Å²) in [7, 11) is 0. The molecule has 0 unspecified atom stereocenters. The van der Waals surface area contributed by atoms with Gasteiger partial charge in [-0.05, 0) is 38.5 Å². The summed E-state index contributed by atoms with van der Waals surface area (Å²) in [6, 6.07) is 6.13. The van der Waals surface area contributed by atoms with Gasteiger partial charge in [0.25, 0.3) is 0 Å². The first-order valence-electron chi connectivity index (χ1n) is 6.42. The van der Waals surface area contributed by atoms with Crippen LogP contribution >= 0.6 is 0 Å². The van der Waals surface area contributed by atoms with Crippen molar-refractivity contribution in [3.05, 3.63) is 35.7 Å². The first kappa shape index (κ1) is 12.0. The van der Waals surface area contributed by atoms with E-state index >= 15 is 0 Å². The number of fused-ring (bicyclic) bond motifs is 1. The third kappa shape index (κ3) is 1.84. The van der Waals surface area contributed by atoms with E-state index in [4.69, 9.17) is 0 Å². The molecule has 0 atom stereocenters. The number of carbonyl (C=O) groups is 1. The Morgan fingerprint density at radius 3 is 2.89 bits per heavy atom. The van der Waals surface area contributed by atoms with Crippen LogP contribution in [0.2, 0.25) is 0 Å². The molecule has 4 nitrogen and oxygen atoms in total. The molecule has 0 aliphatic carbocycles. The largest absolute Gasteiger partial charge is 0.341 e. The Labute approximate surface area is 112 Å². The topological polar surface area (TPSA) is 44.7 Å². The number of rotatable bonds is 1. The van der Waals surface area contributed by atoms with Gasteiger partial charge >= 0.3 is 0 Å². The van der Waals surface area contributed by atoms with Gasteiger partial charge in [-0.1, -0.05) is 6.07 Å². The number of aliphatic imine (C=N–C) groups is 1. The predicted molar refractivity (Wildman–Crippen MR) is 77.7 cm³/mol. The molecule has 0 fully saturated rings. The molecule has 0 bridgehead atoms. The number of nitrogens with zero attached hydrogens (tertiary/aromatic N) is 2. The molecule has 1 aromatic rings. The highest BCUT2D eigenvalue weighted by Crippen LogP contribution is 2.39. The lowest BCUT2D eigenvalue weighted by molar-refractivity contribution is -0.119. The molecule has 0 radical (unpaired) electrons. The molecule has 2 aliphatic heterocycles. The van der Waals surface area contributed by atoms with Gasteiger partial charge in [0.05, 0.1) is 17.7 Å². The maximum Gasteiger partial charge on any atom is 0.234 e. The molecule has 0 aromatic heterocycles. The van der Waals surface area contributed by atoms with Gasteiger partial charge in [-0.25, -0.2) is 0 Å². The Morgan fingerprint density at radius 2 is 2.16 bits per heavy atom. The van der Waals surface area contributed by atoms with E-state index in [-0.39, 0.29) is 5.91 Å². The monoisotopic (exact) mass is 255 g/mol. The van der Waals surface area contributed by atoms with Gasteiger partial charge < -0.3 is 10.2 Å². The number of carbonyl (C=O) groups excluding carboxylic acids is 1. The molecule has 2 aliphatic rings. The van der Waals surface area contributed by atoms with Crippen LogP contribution < -0.4 is 10.2 Å². The minimum absolute atomic E-state index is 0.0616. The molecular formula is C15H17N3O. The fourth-order valence-electron chi connectivity index (χ4n) is 2.52. The molecule has 19 heavy (non-hydrogen) atoms. The van der Waals surface area contributed by atoms with Crippen LogP contribution in [0.4, 0.5) is 11.4 Å². The van der Waals surface area contributed by atoms with Crippen LogP contribution in [0.5, 0.6) is 0 Å². The molecule has 98 valence electrons. The van der Waals surface area contributed by atoms with E-state index in [1.165, 1.54) is 0 Å². The van der Waals surface area contributed by atoms with E-state index in [2.05, 4.69) is 21.3 Å². The van der Waals surface area contributed by atoms with Crippen molar-refractivity contribution in [2.45, 2.75) is 26.2 Å². The quantitative estimate of drug-likeness (QED) is 0.838. The highest BCUT2D eigenvalue weighted by molar-refractivity contribution is 6.06. The van der Waals surface area contributed by atoms with E-state index in [0.29, 0.717) is 0 Å². The summed E-state index contributed by atoms with van der Waals surface area (Å²) < 4.78 is 0. The van der Waals surface area contributed by atoms with E-state index in [9.17, 15) is 4.79 Å². The highest BCUT2D eigenvalue weighted by atomic mass is 16.2. The maximum atomic E-state index is 11.9. The second-order valence-electron chi connectivity index (χ2n) is 5.54. The standard InChI is InChI=1S/C15H17N3O/c1-10-9-18(7-6-16-10)11-4-5-12-13(8-11)17-14(19)15(12,2)3/h4-6,8-9H,7H2,1-3H3,(H,17,19). The van der Waals surface area contributed by atoms with Gasteiger partial charge in [0.1, 0.15) is 0 Å². The Hall–Kier alpha value is -2.10. The highest BCUT2D eigenvalue weighted by Gasteiger charge is 2.38. The van der Waals surface area contributed by atoms with Gasteiger partial charge in [0.2, 0.25) is 5.91 Å². The van der Waals surface area contributed by atoms with Gasteiger partial charge in [-0.3, -0.25) is 9.79 Å². The van der Waals surface area contributed by atoms with Crippen molar-refractivity contribution in [1.29, 1.82) is 0 Å². The number of allylic oxidation sites excluding steroid dienone is 1. The van der Waals surface area contributed by atoms with Gasteiger partial charge in [0.15, 0.2) is 0 Å². The lowest BCUT2D eigenvalue weighted by Gasteiger charge is -2.23. The first-order chi connectivity index (χ1) is 8.98. The normalized spacial score (nSPS) is 20.1. The molecule has 0 saturated heterocycles. The summed E-state index contributed by atoms with van der Waals surface area (Å²) in [5.74, 6) is 0.0616. The van der Waals surface area contributed by atoms with Crippen molar-refractivity contribution < 1.29 is 4.79 Å². The van der Waals surface area contributed by atoms with Crippen LogP contribution in [-0.2, 0) is 10.2 Å². The molecule has 3 rings (SSSR count). The summed E-state index contributed by atoms with van der Waals surface area (Å²) in [5.41, 5.74) is 3.59. The molecule has 4 heteroatoms. The van der Waals surface area contributed by atoms with Crippen LogP contribution in [0.25, 0.3) is 0 Å². The minimum atomic E-state index is -0.441. The van der Waals surface area contributed by atoms with Crippen LogP contribution in [0, 0.1) is 0 Å². The number of anilines is 2. The second-order valence-corrected chi connectivity index (χ2v) is 5.54. The molecule has 0 saturated carbocycles. The SMILES string of the molecule is CC1=CN(c2ccc3c(c2)NC(=O)C3(C)C)CC=N1. The van der Waals surface area contributed by atoms with Crippen LogP contribution in [0.1, 0.15) is 26.3 Å². The summed E-state index contributed by atoms with van der Waals surface area (Å²) in [4.78, 5) is 18.3. The van der Waals surface area contributed by atoms with E-state index in [1.807, 2.05) is 45.3 Å². The predicted octanol–water partition coefficient (Wildman–Crippen LogP) is 2.67. The van der Waals surface area contributed by atoms with Crippen LogP contribution in [0.3, 0.4) is 0 Å². The number of hydrogen-bond donors (Lipinski definition) is 1. The third-order valence-corrected chi connectivity index (χ3v) is 3.74. The summed E-state index contributed by atoms with van der Waals surface area (Å²) in [6.45, 7) is 6.63. The van der Waals surface area contributed by atoms with Gasteiger partial charge in [0, 0.05) is 23.8 Å². The minimum Gasteiger partial charge on any atom is -0.341 e. The van der Waals surface area contributed by atoms with Crippen molar-refractivity contribution in [3.63, 3.8) is 0 Å². The Morgan fingerprint density at radius 1 is 1.37 bits per heavy atom. The number of benzene rings is 1. The average Bonchev–Trinajstić information content (AvgIpc) is 2.60. The van der Waals surface area contributed by atoms with Crippen molar-refractivity contribution in [2.75, 3.05) is 16.8 Å². The zero-order valence-electron chi connectivity index (χ0n) is 11.4. The van der Waals surface area contributed by atoms with Crippen LogP contribution in [-0.4, -0.2) is 18.7 Å². The second kappa shape index (κ2) is 3.95. The Bertz CT molecular complexity index is 614. The molecule has 1 aromatic carbocycles. The number of nitrogens with one attached hydrogen (secondary N) is 1. The lowest BCUT2D eigenvalue weighted by Crippen LogP contribution is -2.26. The van der Waals surface area contributed by atoms with E-state index in [1.54, 1.807) is 0 Å². The first-order valence-corrected chi connectivity index (χ1v) is 6.42. The number of amides is 1. The fourth-order valence-corrected chi connectivity index (χ4v) is 2.52. The van der Waals surface area contributed by atoms with Crippen molar-refractivity contribution in [2.24, 2.45) is 4.99 Å². The van der Waals surface area contributed by atoms with Crippen LogP contribution in [0.15, 0.2) is 35.1 Å². The Kier molecular flexibility index (Phi) is 2.49. The van der Waals surface area contributed by atoms with Gasteiger partial charge in [-0.2, -0.15) is 0 Å². The molecule has 2 heterocycles. The molecule has 0 spiro atoms. The molecule has 1 amide bonds. The smallest absolute Gasteiger partial charge is 0.234 e. The zero-order valence-corrected chi connectivity index (χ0v) is 11.4. The van der Waals surface area contributed by atoms with Crippen molar-refractivity contribution >= 4 is 23.5 Å². The fraction of sp³-hybridized carbons (Fsp3) is 0.333. The lowest BCUT2D eigenvalue weighted by atomic mass is 9.86. The third-order valence-electron chi connectivity index (χ3n) is 3.74. The van der Waals surface area contributed by atoms with E-state index in [0.717, 1.165) is 29.2 Å². The van der Waals surface area contributed by atoms with E-state index < -0.39 is 5.41 Å². The summed E-state index contributed by atoms with van der Waals surface area (Å²) >= 11 is 0. The molecular weight excluding hydrogens is 238 g/mol. The van der Waals surface area contributed by atoms with Gasteiger partial charge in [-0.15, -0.1) is 0 Å². The maximum absolute atomic E-state index is 11.9. The Balaban J connectivity index is 1.99.